The standard InChI is InChI=1S/C15H17NO3S2/c1-19-15(18)9-2-4-10(5-3-9)16-14(17)13-8-12-11(21-13)6-7-20-12/h6-10H,2-5H2,1H3,(H,16,17). The average molecular weight is 323 g/mol. The fraction of sp³-hybridized carbons (Fsp3) is 0.467. The molecule has 0 atom stereocenters. The highest BCUT2D eigenvalue weighted by atomic mass is 32.1. The van der Waals surface area contributed by atoms with Gasteiger partial charge in [-0.1, -0.05) is 0 Å². The quantitative estimate of drug-likeness (QED) is 0.881. The van der Waals surface area contributed by atoms with E-state index in [1.165, 1.54) is 27.8 Å². The van der Waals surface area contributed by atoms with Crippen molar-refractivity contribution in [2.75, 3.05) is 7.11 Å². The van der Waals surface area contributed by atoms with Crippen molar-refractivity contribution in [2.24, 2.45) is 5.92 Å². The molecule has 0 radical (unpaired) electrons. The molecule has 1 fully saturated rings. The summed E-state index contributed by atoms with van der Waals surface area (Å²) in [4.78, 5) is 24.5. The lowest BCUT2D eigenvalue weighted by atomic mass is 9.86. The molecular formula is C15H17NO3S2. The third-order valence-corrected chi connectivity index (χ3v) is 6.05. The van der Waals surface area contributed by atoms with Gasteiger partial charge in [0.25, 0.3) is 5.91 Å². The number of fused-ring (bicyclic) bond motifs is 1. The predicted molar refractivity (Wildman–Crippen MR) is 84.9 cm³/mol. The number of amides is 1. The summed E-state index contributed by atoms with van der Waals surface area (Å²) in [5.41, 5.74) is 0. The third kappa shape index (κ3) is 3.11. The molecule has 2 heterocycles. The highest BCUT2D eigenvalue weighted by Crippen LogP contribution is 2.30. The minimum absolute atomic E-state index is 0.00442. The fourth-order valence-corrected chi connectivity index (χ4v) is 4.79. The van der Waals surface area contributed by atoms with Crippen LogP contribution in [0.3, 0.4) is 0 Å². The molecule has 2 aromatic heterocycles. The zero-order valence-corrected chi connectivity index (χ0v) is 13.4. The Morgan fingerprint density at radius 1 is 1.24 bits per heavy atom. The maximum atomic E-state index is 12.3. The van der Waals surface area contributed by atoms with Crippen LogP contribution in [-0.2, 0) is 9.53 Å². The molecule has 0 aliphatic heterocycles. The Labute approximate surface area is 131 Å². The van der Waals surface area contributed by atoms with Crippen molar-refractivity contribution in [1.29, 1.82) is 0 Å². The van der Waals surface area contributed by atoms with Crippen molar-refractivity contribution in [3.05, 3.63) is 22.4 Å². The number of carbonyl (C=O) groups is 2. The maximum absolute atomic E-state index is 12.3. The van der Waals surface area contributed by atoms with Gasteiger partial charge in [-0.2, -0.15) is 0 Å². The molecule has 3 rings (SSSR count). The summed E-state index contributed by atoms with van der Waals surface area (Å²) in [6.45, 7) is 0. The predicted octanol–water partition coefficient (Wildman–Crippen LogP) is 3.42. The number of ether oxygens (including phenoxy) is 1. The fourth-order valence-electron chi connectivity index (χ4n) is 2.77. The summed E-state index contributed by atoms with van der Waals surface area (Å²) in [5, 5.41) is 5.13. The summed E-state index contributed by atoms with van der Waals surface area (Å²) in [7, 11) is 1.43. The summed E-state index contributed by atoms with van der Waals surface area (Å²) in [5.74, 6) is -0.126. The number of carbonyl (C=O) groups excluding carboxylic acids is 2. The topological polar surface area (TPSA) is 55.4 Å². The number of hydrogen-bond acceptors (Lipinski definition) is 5. The molecule has 0 unspecified atom stereocenters. The molecule has 1 N–H and O–H groups in total. The first-order chi connectivity index (χ1) is 10.2. The molecule has 0 bridgehead atoms. The van der Waals surface area contributed by atoms with E-state index in [-0.39, 0.29) is 23.8 Å². The Morgan fingerprint density at radius 3 is 2.67 bits per heavy atom. The van der Waals surface area contributed by atoms with Gasteiger partial charge in [0, 0.05) is 15.4 Å². The molecule has 0 aromatic carbocycles. The van der Waals surface area contributed by atoms with Crippen molar-refractivity contribution in [1.82, 2.24) is 5.32 Å². The van der Waals surface area contributed by atoms with Crippen LogP contribution in [0.15, 0.2) is 17.5 Å². The number of thiophene rings is 2. The maximum Gasteiger partial charge on any atom is 0.308 e. The molecular weight excluding hydrogens is 306 g/mol. The number of rotatable bonds is 3. The Bertz CT molecular complexity index is 624. The van der Waals surface area contributed by atoms with Gasteiger partial charge in [-0.05, 0) is 43.2 Å². The normalized spacial score (nSPS) is 22.1. The number of nitrogens with one attached hydrogen (secondary N) is 1. The molecule has 112 valence electrons. The summed E-state index contributed by atoms with van der Waals surface area (Å²) in [6, 6.07) is 4.17. The van der Waals surface area contributed by atoms with Gasteiger partial charge in [-0.15, -0.1) is 22.7 Å². The number of hydrogen-bond donors (Lipinski definition) is 1. The van der Waals surface area contributed by atoms with Crippen molar-refractivity contribution in [2.45, 2.75) is 31.7 Å². The van der Waals surface area contributed by atoms with E-state index >= 15 is 0 Å². The second-order valence-corrected chi connectivity index (χ2v) is 7.34. The van der Waals surface area contributed by atoms with E-state index in [2.05, 4.69) is 5.32 Å². The zero-order valence-electron chi connectivity index (χ0n) is 11.8. The number of esters is 1. The second-order valence-electron chi connectivity index (χ2n) is 5.30. The van der Waals surface area contributed by atoms with Gasteiger partial charge in [0.1, 0.15) is 0 Å². The van der Waals surface area contributed by atoms with E-state index in [0.29, 0.717) is 0 Å². The van der Waals surface area contributed by atoms with Crippen LogP contribution >= 0.6 is 22.7 Å². The number of methoxy groups -OCH3 is 1. The first-order valence-electron chi connectivity index (χ1n) is 7.03. The van der Waals surface area contributed by atoms with Gasteiger partial charge in [-0.25, -0.2) is 0 Å². The molecule has 0 spiro atoms. The lowest BCUT2D eigenvalue weighted by Crippen LogP contribution is -2.38. The van der Waals surface area contributed by atoms with E-state index in [1.54, 1.807) is 11.3 Å². The van der Waals surface area contributed by atoms with Crippen molar-refractivity contribution >= 4 is 43.9 Å². The Kier molecular flexibility index (Phi) is 4.26. The molecule has 6 heteroatoms. The van der Waals surface area contributed by atoms with Crippen LogP contribution in [0.1, 0.15) is 35.4 Å². The van der Waals surface area contributed by atoms with Crippen LogP contribution in [0.2, 0.25) is 0 Å². The SMILES string of the molecule is COC(=O)C1CCC(NC(=O)c2cc3sccc3s2)CC1. The van der Waals surface area contributed by atoms with E-state index in [1.807, 2.05) is 17.5 Å². The molecule has 1 aliphatic carbocycles. The molecule has 4 nitrogen and oxygen atoms in total. The smallest absolute Gasteiger partial charge is 0.308 e. The van der Waals surface area contributed by atoms with Crippen LogP contribution in [0.4, 0.5) is 0 Å². The second kappa shape index (κ2) is 6.15. The highest BCUT2D eigenvalue weighted by Gasteiger charge is 2.28. The molecule has 1 aliphatic rings. The van der Waals surface area contributed by atoms with E-state index in [0.717, 1.165) is 30.6 Å². The summed E-state index contributed by atoms with van der Waals surface area (Å²) in [6.07, 6.45) is 3.25. The largest absolute Gasteiger partial charge is 0.469 e. The van der Waals surface area contributed by atoms with Crippen molar-refractivity contribution in [3.63, 3.8) is 0 Å². The van der Waals surface area contributed by atoms with Crippen molar-refractivity contribution < 1.29 is 14.3 Å². The minimum atomic E-state index is -0.127. The lowest BCUT2D eigenvalue weighted by Gasteiger charge is -2.27. The lowest BCUT2D eigenvalue weighted by molar-refractivity contribution is -0.146. The van der Waals surface area contributed by atoms with E-state index < -0.39 is 0 Å². The zero-order chi connectivity index (χ0) is 14.8. The molecule has 1 saturated carbocycles. The Morgan fingerprint density at radius 2 is 2.00 bits per heavy atom. The van der Waals surface area contributed by atoms with Gasteiger partial charge >= 0.3 is 5.97 Å². The van der Waals surface area contributed by atoms with Crippen LogP contribution in [0.5, 0.6) is 0 Å². The van der Waals surface area contributed by atoms with Gasteiger partial charge in [0.2, 0.25) is 0 Å². The van der Waals surface area contributed by atoms with Crippen LogP contribution < -0.4 is 5.32 Å². The highest BCUT2D eigenvalue weighted by molar-refractivity contribution is 7.27. The Balaban J connectivity index is 1.56. The van der Waals surface area contributed by atoms with Gasteiger partial charge < -0.3 is 10.1 Å². The van der Waals surface area contributed by atoms with Gasteiger partial charge in [0.15, 0.2) is 0 Å². The van der Waals surface area contributed by atoms with Crippen LogP contribution in [0, 0.1) is 5.92 Å². The molecule has 1 amide bonds. The molecule has 0 saturated heterocycles. The minimum Gasteiger partial charge on any atom is -0.469 e. The monoisotopic (exact) mass is 323 g/mol. The van der Waals surface area contributed by atoms with Crippen LogP contribution in [-0.4, -0.2) is 25.0 Å². The first kappa shape index (κ1) is 14.5. The van der Waals surface area contributed by atoms with Gasteiger partial charge in [-0.3, -0.25) is 9.59 Å². The molecule has 21 heavy (non-hydrogen) atoms. The van der Waals surface area contributed by atoms with Crippen molar-refractivity contribution in [3.8, 4) is 0 Å². The summed E-state index contributed by atoms with van der Waals surface area (Å²) >= 11 is 3.19. The Hall–Kier alpha value is -1.40. The van der Waals surface area contributed by atoms with Gasteiger partial charge in [0.05, 0.1) is 17.9 Å². The third-order valence-electron chi connectivity index (χ3n) is 3.96. The van der Waals surface area contributed by atoms with E-state index in [4.69, 9.17) is 4.74 Å². The van der Waals surface area contributed by atoms with E-state index in [9.17, 15) is 9.59 Å². The first-order valence-corrected chi connectivity index (χ1v) is 8.72. The molecule has 2 aromatic rings. The van der Waals surface area contributed by atoms with Crippen LogP contribution in [0.25, 0.3) is 9.40 Å². The average Bonchev–Trinajstić information content (AvgIpc) is 3.08. The summed E-state index contributed by atoms with van der Waals surface area (Å²) < 4.78 is 7.11.